The molecule has 2 amide bonds. The monoisotopic (exact) mass is 444 g/mol. The Bertz CT molecular complexity index is 823. The molecule has 4 rings (SSSR count). The normalized spacial score (nSPS) is 17.5. The van der Waals surface area contributed by atoms with Crippen LogP contribution in [0.2, 0.25) is 0 Å². The van der Waals surface area contributed by atoms with Crippen LogP contribution in [0.3, 0.4) is 0 Å². The van der Waals surface area contributed by atoms with Crippen molar-refractivity contribution in [3.05, 3.63) is 24.3 Å². The highest BCUT2D eigenvalue weighted by molar-refractivity contribution is 8.02. The van der Waals surface area contributed by atoms with E-state index in [0.717, 1.165) is 36.7 Å². The lowest BCUT2D eigenvalue weighted by Crippen LogP contribution is -2.34. The zero-order valence-electron chi connectivity index (χ0n) is 17.1. The van der Waals surface area contributed by atoms with Crippen LogP contribution in [0.5, 0.6) is 0 Å². The molecule has 2 N–H and O–H groups in total. The first-order valence-corrected chi connectivity index (χ1v) is 12.8. The lowest BCUT2D eigenvalue weighted by Gasteiger charge is -2.13. The van der Waals surface area contributed by atoms with Crippen molar-refractivity contribution in [3.8, 4) is 0 Å². The molecule has 2 fully saturated rings. The summed E-state index contributed by atoms with van der Waals surface area (Å²) in [5.74, 6) is 0.699. The predicted octanol–water partition coefficient (Wildman–Crippen LogP) is 3.93. The molecule has 0 atom stereocenters. The molecule has 2 aliphatic carbocycles. The number of amides is 2. The van der Waals surface area contributed by atoms with E-state index in [4.69, 9.17) is 9.97 Å². The van der Waals surface area contributed by atoms with Gasteiger partial charge in [0.15, 0.2) is 0 Å². The van der Waals surface area contributed by atoms with Crippen LogP contribution in [0.4, 0.5) is 0 Å². The van der Waals surface area contributed by atoms with Crippen molar-refractivity contribution >= 4 is 46.4 Å². The highest BCUT2D eigenvalue weighted by atomic mass is 32.2. The number of thioether (sulfide) groups is 2. The predicted molar refractivity (Wildman–Crippen MR) is 122 cm³/mol. The Morgan fingerprint density at radius 3 is 1.57 bits per heavy atom. The van der Waals surface area contributed by atoms with Gasteiger partial charge in [-0.15, -0.1) is 0 Å². The van der Waals surface area contributed by atoms with E-state index in [2.05, 4.69) is 10.6 Å². The lowest BCUT2D eigenvalue weighted by molar-refractivity contribution is -0.120. The van der Waals surface area contributed by atoms with Gasteiger partial charge in [-0.2, -0.15) is 0 Å². The molecular formula is C22H28N4O2S2. The van der Waals surface area contributed by atoms with Crippen molar-refractivity contribution in [2.24, 2.45) is 0 Å². The SMILES string of the molecule is O=C(CSc1nc2ccccc2nc1SCC(=O)NC1CCCC1)NC1CCCC1. The Morgan fingerprint density at radius 2 is 1.17 bits per heavy atom. The third-order valence-corrected chi connectivity index (χ3v) is 7.69. The van der Waals surface area contributed by atoms with Crippen LogP contribution in [0, 0.1) is 0 Å². The van der Waals surface area contributed by atoms with E-state index in [-0.39, 0.29) is 11.8 Å². The van der Waals surface area contributed by atoms with E-state index in [1.807, 2.05) is 24.3 Å². The number of carbonyl (C=O) groups is 2. The molecule has 1 heterocycles. The molecule has 6 nitrogen and oxygen atoms in total. The summed E-state index contributed by atoms with van der Waals surface area (Å²) in [6, 6.07) is 8.33. The second-order valence-electron chi connectivity index (χ2n) is 8.00. The van der Waals surface area contributed by atoms with Crippen LogP contribution in [0.15, 0.2) is 34.3 Å². The molecule has 2 aromatic rings. The van der Waals surface area contributed by atoms with Crippen LogP contribution < -0.4 is 10.6 Å². The quantitative estimate of drug-likeness (QED) is 0.600. The molecule has 8 heteroatoms. The number of rotatable bonds is 8. The van der Waals surface area contributed by atoms with E-state index in [0.29, 0.717) is 33.6 Å². The highest BCUT2D eigenvalue weighted by Gasteiger charge is 2.20. The van der Waals surface area contributed by atoms with E-state index < -0.39 is 0 Å². The fourth-order valence-corrected chi connectivity index (χ4v) is 5.82. The minimum Gasteiger partial charge on any atom is -0.353 e. The fraction of sp³-hybridized carbons (Fsp3) is 0.545. The largest absolute Gasteiger partial charge is 0.353 e. The van der Waals surface area contributed by atoms with Crippen molar-refractivity contribution in [2.75, 3.05) is 11.5 Å². The first-order chi connectivity index (χ1) is 14.7. The average molecular weight is 445 g/mol. The number of aromatic nitrogens is 2. The van der Waals surface area contributed by atoms with Gasteiger partial charge in [0.05, 0.1) is 22.5 Å². The van der Waals surface area contributed by atoms with Crippen LogP contribution in [-0.4, -0.2) is 45.4 Å². The van der Waals surface area contributed by atoms with Gasteiger partial charge in [-0.05, 0) is 37.8 Å². The molecule has 0 saturated heterocycles. The fourth-order valence-electron chi connectivity index (χ4n) is 4.10. The molecular weight excluding hydrogens is 416 g/mol. The molecule has 1 aromatic carbocycles. The van der Waals surface area contributed by atoms with Gasteiger partial charge in [-0.25, -0.2) is 9.97 Å². The van der Waals surface area contributed by atoms with Gasteiger partial charge in [-0.1, -0.05) is 61.3 Å². The Morgan fingerprint density at radius 1 is 0.767 bits per heavy atom. The minimum atomic E-state index is 0.0387. The number of carbonyl (C=O) groups excluding carboxylic acids is 2. The summed E-state index contributed by atoms with van der Waals surface area (Å²) < 4.78 is 0. The van der Waals surface area contributed by atoms with Crippen LogP contribution in [0.1, 0.15) is 51.4 Å². The van der Waals surface area contributed by atoms with Crippen molar-refractivity contribution in [1.82, 2.24) is 20.6 Å². The molecule has 0 bridgehead atoms. The van der Waals surface area contributed by atoms with Crippen molar-refractivity contribution in [3.63, 3.8) is 0 Å². The highest BCUT2D eigenvalue weighted by Crippen LogP contribution is 2.30. The molecule has 0 spiro atoms. The summed E-state index contributed by atoms with van der Waals surface area (Å²) in [5.41, 5.74) is 1.60. The van der Waals surface area contributed by atoms with Gasteiger partial charge in [0, 0.05) is 12.1 Å². The van der Waals surface area contributed by atoms with Gasteiger partial charge in [0.1, 0.15) is 10.1 Å². The summed E-state index contributed by atoms with van der Waals surface area (Å²) in [5, 5.41) is 7.67. The Balaban J connectivity index is 1.40. The number of hydrogen-bond acceptors (Lipinski definition) is 6. The molecule has 30 heavy (non-hydrogen) atoms. The maximum Gasteiger partial charge on any atom is 0.230 e. The molecule has 0 unspecified atom stereocenters. The maximum atomic E-state index is 12.4. The standard InChI is InChI=1S/C22H28N4O2S2/c27-19(23-15-7-1-2-8-15)13-29-21-22(26-18-12-6-5-11-17(18)25-21)30-14-20(28)24-16-9-3-4-10-16/h5-6,11-12,15-16H,1-4,7-10,13-14H2,(H,23,27)(H,24,28). The Labute approximate surface area is 185 Å². The topological polar surface area (TPSA) is 84.0 Å². The lowest BCUT2D eigenvalue weighted by atomic mass is 10.2. The average Bonchev–Trinajstić information content (AvgIpc) is 3.44. The third-order valence-electron chi connectivity index (χ3n) is 5.63. The van der Waals surface area contributed by atoms with Gasteiger partial charge < -0.3 is 10.6 Å². The number of nitrogens with zero attached hydrogens (tertiary/aromatic N) is 2. The Hall–Kier alpha value is -1.80. The first-order valence-electron chi connectivity index (χ1n) is 10.8. The zero-order chi connectivity index (χ0) is 20.8. The van der Waals surface area contributed by atoms with Gasteiger partial charge >= 0.3 is 0 Å². The van der Waals surface area contributed by atoms with Crippen molar-refractivity contribution in [2.45, 2.75) is 73.5 Å². The summed E-state index contributed by atoms with van der Waals surface area (Å²) in [6.45, 7) is 0. The van der Waals surface area contributed by atoms with Gasteiger partial charge in [0.2, 0.25) is 11.8 Å². The number of nitrogens with one attached hydrogen (secondary N) is 2. The van der Waals surface area contributed by atoms with E-state index in [1.165, 1.54) is 49.2 Å². The molecule has 0 aliphatic heterocycles. The van der Waals surface area contributed by atoms with Gasteiger partial charge in [-0.3, -0.25) is 9.59 Å². The van der Waals surface area contributed by atoms with E-state index in [1.54, 1.807) is 0 Å². The third kappa shape index (κ3) is 5.88. The number of para-hydroxylation sites is 2. The first kappa shape index (κ1) is 21.4. The molecule has 160 valence electrons. The Kier molecular flexibility index (Phi) is 7.49. The number of fused-ring (bicyclic) bond motifs is 1. The second-order valence-corrected chi connectivity index (χ2v) is 9.93. The summed E-state index contributed by atoms with van der Waals surface area (Å²) in [7, 11) is 0. The minimum absolute atomic E-state index is 0.0387. The molecule has 1 aromatic heterocycles. The molecule has 2 aliphatic rings. The van der Waals surface area contributed by atoms with Crippen LogP contribution >= 0.6 is 23.5 Å². The second kappa shape index (κ2) is 10.5. The summed E-state index contributed by atoms with van der Waals surface area (Å²) in [6.07, 6.45) is 9.06. The van der Waals surface area contributed by atoms with E-state index in [9.17, 15) is 9.59 Å². The number of benzene rings is 1. The van der Waals surface area contributed by atoms with E-state index >= 15 is 0 Å². The van der Waals surface area contributed by atoms with Crippen molar-refractivity contribution < 1.29 is 9.59 Å². The smallest absolute Gasteiger partial charge is 0.230 e. The maximum absolute atomic E-state index is 12.4. The number of hydrogen-bond donors (Lipinski definition) is 2. The zero-order valence-corrected chi connectivity index (χ0v) is 18.7. The summed E-state index contributed by atoms with van der Waals surface area (Å²) >= 11 is 2.80. The van der Waals surface area contributed by atoms with Gasteiger partial charge in [0.25, 0.3) is 0 Å². The summed E-state index contributed by atoms with van der Waals surface area (Å²) in [4.78, 5) is 34.2. The molecule has 2 saturated carbocycles. The molecule has 0 radical (unpaired) electrons. The van der Waals surface area contributed by atoms with Crippen LogP contribution in [-0.2, 0) is 9.59 Å². The van der Waals surface area contributed by atoms with Crippen molar-refractivity contribution in [1.29, 1.82) is 0 Å². The van der Waals surface area contributed by atoms with Crippen LogP contribution in [0.25, 0.3) is 11.0 Å².